The fourth-order valence-electron chi connectivity index (χ4n) is 10.2. The van der Waals surface area contributed by atoms with E-state index in [9.17, 15) is 29.2 Å². The van der Waals surface area contributed by atoms with E-state index in [0.29, 0.717) is 39.3 Å². The second-order valence-corrected chi connectivity index (χ2v) is 18.2. The second-order valence-electron chi connectivity index (χ2n) is 17.8. The summed E-state index contributed by atoms with van der Waals surface area (Å²) in [5.41, 5.74) is 1.46. The van der Waals surface area contributed by atoms with Crippen molar-refractivity contribution in [2.75, 3.05) is 55.6 Å². The summed E-state index contributed by atoms with van der Waals surface area (Å²) in [6, 6.07) is 11.3. The predicted octanol–water partition coefficient (Wildman–Crippen LogP) is 4.44. The molecule has 1 aromatic heterocycles. The van der Waals surface area contributed by atoms with Gasteiger partial charge in [-0.25, -0.2) is 9.97 Å². The average Bonchev–Trinajstić information content (AvgIpc) is 3.34. The number of halogens is 1. The Balaban J connectivity index is 0.803. The number of anilines is 2. The third-order valence-electron chi connectivity index (χ3n) is 13.1. The lowest BCUT2D eigenvalue weighted by molar-refractivity contribution is -0.164. The molecule has 1 unspecified atom stereocenters. The van der Waals surface area contributed by atoms with Crippen molar-refractivity contribution >= 4 is 52.8 Å². The van der Waals surface area contributed by atoms with Gasteiger partial charge in [0.15, 0.2) is 0 Å². The molecule has 8 rings (SSSR count). The molecule has 4 aliphatic heterocycles. The number of hydrogen-bond acceptors (Lipinski definition) is 12. The van der Waals surface area contributed by atoms with Crippen molar-refractivity contribution in [2.45, 2.75) is 78.0 Å². The van der Waals surface area contributed by atoms with E-state index in [-0.39, 0.29) is 36.5 Å². The third-order valence-corrected chi connectivity index (χ3v) is 13.4. The Bertz CT molecular complexity index is 2250. The van der Waals surface area contributed by atoms with Crippen LogP contribution in [-0.4, -0.2) is 113 Å². The van der Waals surface area contributed by atoms with Crippen LogP contribution in [0.4, 0.5) is 11.6 Å². The summed E-state index contributed by atoms with van der Waals surface area (Å²) >= 11 is 6.25. The largest absolute Gasteiger partial charge is 0.489 e. The van der Waals surface area contributed by atoms with Crippen molar-refractivity contribution in [3.8, 4) is 11.8 Å². The average molecular weight is 836 g/mol. The number of nitriles is 1. The molecular weight excluding hydrogens is 786 g/mol. The van der Waals surface area contributed by atoms with Crippen LogP contribution in [0.15, 0.2) is 48.8 Å². The Labute approximate surface area is 354 Å². The Morgan fingerprint density at radius 2 is 1.62 bits per heavy atom. The van der Waals surface area contributed by atoms with Gasteiger partial charge in [0.1, 0.15) is 24.0 Å². The highest BCUT2D eigenvalue weighted by Gasteiger charge is 2.64. The van der Waals surface area contributed by atoms with Crippen LogP contribution >= 0.6 is 11.6 Å². The number of rotatable bonds is 9. The molecule has 2 aromatic carbocycles. The maximum Gasteiger partial charge on any atom is 0.262 e. The van der Waals surface area contributed by atoms with E-state index in [0.717, 1.165) is 75.7 Å². The van der Waals surface area contributed by atoms with Gasteiger partial charge in [0.05, 0.1) is 27.3 Å². The van der Waals surface area contributed by atoms with Crippen molar-refractivity contribution < 1.29 is 28.7 Å². The van der Waals surface area contributed by atoms with Gasteiger partial charge in [0.25, 0.3) is 17.7 Å². The van der Waals surface area contributed by atoms with E-state index >= 15 is 0 Å². The van der Waals surface area contributed by atoms with Gasteiger partial charge in [0, 0.05) is 86.7 Å². The Kier molecular flexibility index (Phi) is 11.1. The molecule has 5 amide bonds. The van der Waals surface area contributed by atoms with Crippen LogP contribution in [0.5, 0.6) is 5.75 Å². The number of piperidine rings is 2. The summed E-state index contributed by atoms with van der Waals surface area (Å²) in [6.45, 7) is 14.3. The number of nitrogens with zero attached hydrogens (tertiary/aromatic N) is 7. The van der Waals surface area contributed by atoms with Crippen molar-refractivity contribution in [1.82, 2.24) is 30.4 Å². The van der Waals surface area contributed by atoms with Gasteiger partial charge in [-0.05, 0) is 68.5 Å². The number of carbonyl (C=O) groups is 5. The van der Waals surface area contributed by atoms with Crippen LogP contribution in [-0.2, 0) is 9.59 Å². The summed E-state index contributed by atoms with van der Waals surface area (Å²) in [7, 11) is 0. The molecule has 2 N–H and O–H groups in total. The number of ether oxygens (including phenoxy) is 1. The lowest BCUT2D eigenvalue weighted by Crippen LogP contribution is -2.74. The minimum absolute atomic E-state index is 0.0859. The van der Waals surface area contributed by atoms with E-state index < -0.39 is 40.5 Å². The Morgan fingerprint density at radius 3 is 2.30 bits per heavy atom. The van der Waals surface area contributed by atoms with Gasteiger partial charge >= 0.3 is 0 Å². The van der Waals surface area contributed by atoms with Gasteiger partial charge in [-0.15, -0.1) is 0 Å². The highest BCUT2D eigenvalue weighted by molar-refractivity contribution is 6.31. The topological polar surface area (TPSA) is 181 Å². The maximum absolute atomic E-state index is 13.5. The third kappa shape index (κ3) is 7.67. The summed E-state index contributed by atoms with van der Waals surface area (Å²) in [5, 5.41) is 15.0. The number of imide groups is 2. The number of hydrogen-bond donors (Lipinski definition) is 2. The Hall–Kier alpha value is -5.59. The predicted molar refractivity (Wildman–Crippen MR) is 223 cm³/mol. The van der Waals surface area contributed by atoms with Crippen LogP contribution in [0.25, 0.3) is 0 Å². The van der Waals surface area contributed by atoms with E-state index in [1.807, 2.05) is 6.07 Å². The van der Waals surface area contributed by atoms with Gasteiger partial charge in [-0.1, -0.05) is 39.3 Å². The molecule has 4 fully saturated rings. The molecule has 5 aliphatic rings. The smallest absolute Gasteiger partial charge is 0.262 e. The van der Waals surface area contributed by atoms with Gasteiger partial charge < -0.3 is 24.8 Å². The number of fused-ring (bicyclic) bond motifs is 1. The van der Waals surface area contributed by atoms with Crippen molar-refractivity contribution in [1.29, 1.82) is 5.26 Å². The zero-order valence-electron chi connectivity index (χ0n) is 34.4. The molecule has 0 bridgehead atoms. The highest BCUT2D eigenvalue weighted by Crippen LogP contribution is 2.55. The summed E-state index contributed by atoms with van der Waals surface area (Å²) in [5.74, 6) is -0.532. The fraction of sp³-hybridized carbons (Fsp3) is 0.500. The van der Waals surface area contributed by atoms with E-state index in [2.05, 4.69) is 69.1 Å². The van der Waals surface area contributed by atoms with E-state index in [1.54, 1.807) is 42.7 Å². The zero-order chi connectivity index (χ0) is 42.5. The highest BCUT2D eigenvalue weighted by atomic mass is 35.5. The number of carbonyl (C=O) groups excluding carboxylic acids is 5. The molecule has 3 aromatic rings. The first-order valence-corrected chi connectivity index (χ1v) is 21.1. The quantitative estimate of drug-likeness (QED) is 0.290. The number of nitrogens with one attached hydrogen (secondary N) is 2. The lowest BCUT2D eigenvalue weighted by Gasteiger charge is -2.63. The molecule has 314 valence electrons. The zero-order valence-corrected chi connectivity index (χ0v) is 35.1. The second kappa shape index (κ2) is 16.1. The van der Waals surface area contributed by atoms with Crippen LogP contribution in [0.1, 0.15) is 96.4 Å². The SMILES string of the molecule is CC1(C)[C@H](NC(=O)c2cnc(N3CCCN(CC4CCN(c5ccc6c(c5)C(=O)N(C5CCC(=O)NC5=O)C6=O)CC4)CC3)nc2)C(C)(C)[C@H]1Oc1ccc(C#N)c(Cl)c1. The van der Waals surface area contributed by atoms with Crippen LogP contribution < -0.4 is 25.2 Å². The molecule has 60 heavy (non-hydrogen) atoms. The molecule has 0 radical (unpaired) electrons. The van der Waals surface area contributed by atoms with Crippen molar-refractivity contribution in [2.24, 2.45) is 16.7 Å². The fourth-order valence-corrected chi connectivity index (χ4v) is 10.4. The molecule has 16 heteroatoms. The molecule has 3 saturated heterocycles. The first-order chi connectivity index (χ1) is 28.6. The minimum atomic E-state index is -0.981. The normalized spacial score (nSPS) is 24.3. The summed E-state index contributed by atoms with van der Waals surface area (Å²) in [6.07, 6.45) is 6.15. The number of benzene rings is 2. The van der Waals surface area contributed by atoms with Gasteiger partial charge in [0.2, 0.25) is 17.8 Å². The molecule has 1 saturated carbocycles. The van der Waals surface area contributed by atoms with Crippen molar-refractivity contribution in [3.63, 3.8) is 0 Å². The van der Waals surface area contributed by atoms with Gasteiger partial charge in [-0.3, -0.25) is 34.2 Å². The number of aromatic nitrogens is 2. The molecule has 1 atom stereocenters. The molecule has 15 nitrogen and oxygen atoms in total. The molecule has 5 heterocycles. The molecule has 0 spiro atoms. The monoisotopic (exact) mass is 835 g/mol. The van der Waals surface area contributed by atoms with Crippen molar-refractivity contribution in [3.05, 3.63) is 76.1 Å². The number of amides is 5. The van der Waals surface area contributed by atoms with Gasteiger partial charge in [-0.2, -0.15) is 5.26 Å². The Morgan fingerprint density at radius 1 is 0.900 bits per heavy atom. The van der Waals surface area contributed by atoms with E-state index in [1.165, 1.54) is 0 Å². The van der Waals surface area contributed by atoms with E-state index in [4.69, 9.17) is 16.3 Å². The maximum atomic E-state index is 13.5. The summed E-state index contributed by atoms with van der Waals surface area (Å²) in [4.78, 5) is 81.3. The van der Waals surface area contributed by atoms with Crippen LogP contribution in [0, 0.1) is 28.1 Å². The van der Waals surface area contributed by atoms with Crippen LogP contribution in [0.3, 0.4) is 0 Å². The first-order valence-electron chi connectivity index (χ1n) is 20.7. The van der Waals surface area contributed by atoms with Crippen LogP contribution in [0.2, 0.25) is 5.02 Å². The summed E-state index contributed by atoms with van der Waals surface area (Å²) < 4.78 is 6.37. The molecular formula is C44H50ClN9O6. The minimum Gasteiger partial charge on any atom is -0.489 e. The molecule has 1 aliphatic carbocycles. The lowest BCUT2D eigenvalue weighted by atomic mass is 9.49. The standard InChI is InChI=1S/C44H50ClN9O6/c1-43(2)40(44(3,4)41(43)60-30-8-6-27(22-46)33(45)21-30)50-36(56)28-23-47-42(48-24-28)53-15-5-14-51(18-19-53)25-26-12-16-52(17-13-26)29-7-9-31-32(20-29)39(59)54(38(31)58)34-10-11-35(55)49-37(34)57/h6-9,20-21,23-24,26,34,40-41H,5,10-19,25H2,1-4H3,(H,50,56)(H,49,55,57)/t34?,40-,41-. The first kappa shape index (κ1) is 41.2.